The molecule has 3 rings (SSSR count). The molecule has 0 fully saturated rings. The number of primary amides is 1. The van der Waals surface area contributed by atoms with E-state index in [2.05, 4.69) is 21.5 Å². The number of hydrogen-bond acceptors (Lipinski definition) is 5. The molecular weight excluding hydrogens is 487 g/mol. The summed E-state index contributed by atoms with van der Waals surface area (Å²) in [5, 5.41) is 6.84. The number of rotatable bonds is 7. The predicted octanol–water partition coefficient (Wildman–Crippen LogP) is 4.45. The average Bonchev–Trinajstić information content (AvgIpc) is 3.09. The molecule has 0 unspecified atom stereocenters. The van der Waals surface area contributed by atoms with Gasteiger partial charge in [-0.25, -0.2) is 4.98 Å². The van der Waals surface area contributed by atoms with Crippen molar-refractivity contribution in [2.45, 2.75) is 27.3 Å². The van der Waals surface area contributed by atoms with Gasteiger partial charge >= 0.3 is 0 Å². The van der Waals surface area contributed by atoms with Crippen molar-refractivity contribution in [1.82, 2.24) is 14.9 Å². The maximum absolute atomic E-state index is 12.3. The molecule has 184 valence electrons. The normalized spacial score (nSPS) is 11.3. The molecule has 0 aliphatic heterocycles. The van der Waals surface area contributed by atoms with E-state index in [9.17, 15) is 9.59 Å². The zero-order valence-electron chi connectivity index (χ0n) is 20.3. The number of nitrogens with zero attached hydrogens (tertiary/aromatic N) is 3. The zero-order valence-corrected chi connectivity index (χ0v) is 21.8. The molecule has 2 amide bonds. The number of hydrogen-bond donors (Lipinski definition) is 3. The van der Waals surface area contributed by atoms with Gasteiger partial charge in [0.2, 0.25) is 11.9 Å². The van der Waals surface area contributed by atoms with Gasteiger partial charge in [0.25, 0.3) is 5.91 Å². The fourth-order valence-corrected chi connectivity index (χ4v) is 4.01. The van der Waals surface area contributed by atoms with Gasteiger partial charge in [-0.2, -0.15) is 0 Å². The summed E-state index contributed by atoms with van der Waals surface area (Å²) in [6.45, 7) is 6.06. The van der Waals surface area contributed by atoms with E-state index < -0.39 is 11.3 Å². The first kappa shape index (κ1) is 26.2. The Morgan fingerprint density at radius 1 is 1.26 bits per heavy atom. The molecular formula is C25H28Cl2N6O2. The van der Waals surface area contributed by atoms with Gasteiger partial charge in [0, 0.05) is 26.1 Å². The van der Waals surface area contributed by atoms with Crippen LogP contribution in [0, 0.1) is 17.8 Å². The molecule has 0 saturated heterocycles. The second kappa shape index (κ2) is 10.1. The van der Waals surface area contributed by atoms with E-state index in [-0.39, 0.29) is 12.5 Å². The second-order valence-corrected chi connectivity index (χ2v) is 10.0. The number of nitrogens with one attached hydrogen (secondary N) is 2. The van der Waals surface area contributed by atoms with Crippen LogP contribution in [0.2, 0.25) is 10.0 Å². The summed E-state index contributed by atoms with van der Waals surface area (Å²) in [7, 11) is 3.61. The predicted molar refractivity (Wildman–Crippen MR) is 142 cm³/mol. The van der Waals surface area contributed by atoms with Crippen LogP contribution >= 0.6 is 23.2 Å². The SMILES string of the molecule is C#CCN(C)c1cc2c(cc1C(N)=O)nc(Nc1c(Cl)ccc(CNC(=O)C(C)(C)C)c1Cl)n2C. The molecule has 1 aromatic heterocycles. The second-order valence-electron chi connectivity index (χ2n) is 9.23. The van der Waals surface area contributed by atoms with Gasteiger partial charge in [-0.05, 0) is 23.8 Å². The van der Waals surface area contributed by atoms with Crippen molar-refractivity contribution in [3.63, 3.8) is 0 Å². The number of imidazole rings is 1. The van der Waals surface area contributed by atoms with Crippen molar-refractivity contribution in [3.8, 4) is 12.3 Å². The molecule has 35 heavy (non-hydrogen) atoms. The van der Waals surface area contributed by atoms with Crippen LogP contribution in [0.15, 0.2) is 24.3 Å². The summed E-state index contributed by atoms with van der Waals surface area (Å²) in [4.78, 5) is 30.7. The lowest BCUT2D eigenvalue weighted by Gasteiger charge is -2.19. The monoisotopic (exact) mass is 514 g/mol. The topological polar surface area (TPSA) is 105 Å². The number of aromatic nitrogens is 2. The highest BCUT2D eigenvalue weighted by Crippen LogP contribution is 2.36. The maximum atomic E-state index is 12.3. The van der Waals surface area contributed by atoms with Crippen molar-refractivity contribution in [2.24, 2.45) is 18.2 Å². The number of terminal acetylenes is 1. The third kappa shape index (κ3) is 5.47. The lowest BCUT2D eigenvalue weighted by molar-refractivity contribution is -0.128. The van der Waals surface area contributed by atoms with Crippen molar-refractivity contribution < 1.29 is 9.59 Å². The number of carbonyl (C=O) groups is 2. The van der Waals surface area contributed by atoms with Crippen LogP contribution in [0.3, 0.4) is 0 Å². The van der Waals surface area contributed by atoms with Crippen molar-refractivity contribution in [2.75, 3.05) is 23.8 Å². The van der Waals surface area contributed by atoms with Gasteiger partial charge in [-0.1, -0.05) is 56.0 Å². The molecule has 0 radical (unpaired) electrons. The molecule has 8 nitrogen and oxygen atoms in total. The molecule has 1 heterocycles. The summed E-state index contributed by atoms with van der Waals surface area (Å²) in [5.41, 5.74) is 8.46. The number of amides is 2. The molecule has 0 bridgehead atoms. The van der Waals surface area contributed by atoms with Gasteiger partial charge < -0.3 is 25.8 Å². The highest BCUT2D eigenvalue weighted by atomic mass is 35.5. The maximum Gasteiger partial charge on any atom is 0.250 e. The number of benzene rings is 2. The number of fused-ring (bicyclic) bond motifs is 1. The van der Waals surface area contributed by atoms with Gasteiger partial charge in [-0.15, -0.1) is 6.42 Å². The first-order valence-electron chi connectivity index (χ1n) is 10.8. The zero-order chi connectivity index (χ0) is 26.1. The Morgan fingerprint density at radius 3 is 2.54 bits per heavy atom. The Balaban J connectivity index is 2.00. The van der Waals surface area contributed by atoms with Gasteiger partial charge in [0.05, 0.1) is 44.6 Å². The Morgan fingerprint density at radius 2 is 1.94 bits per heavy atom. The largest absolute Gasteiger partial charge is 0.366 e. The quantitative estimate of drug-likeness (QED) is 0.403. The van der Waals surface area contributed by atoms with Crippen molar-refractivity contribution >= 4 is 63.4 Å². The first-order valence-corrected chi connectivity index (χ1v) is 11.6. The van der Waals surface area contributed by atoms with E-state index in [0.29, 0.717) is 50.6 Å². The molecule has 10 heteroatoms. The van der Waals surface area contributed by atoms with Crippen LogP contribution < -0.4 is 21.3 Å². The molecule has 0 atom stereocenters. The number of nitrogens with two attached hydrogens (primary N) is 1. The van der Waals surface area contributed by atoms with Gasteiger partial charge in [-0.3, -0.25) is 9.59 Å². The van der Waals surface area contributed by atoms with E-state index in [1.165, 1.54) is 0 Å². The van der Waals surface area contributed by atoms with E-state index in [1.54, 1.807) is 30.1 Å². The highest BCUT2D eigenvalue weighted by Gasteiger charge is 2.22. The van der Waals surface area contributed by atoms with E-state index in [0.717, 1.165) is 5.52 Å². The standard InChI is InChI=1S/C25H28Cl2N6O2/c1-7-10-32(5)18-12-19-17(11-15(18)22(28)34)30-24(33(19)6)31-21-16(26)9-8-14(20(21)27)13-29-23(35)25(2,3)4/h1,8-9,11-12H,10,13H2,2-6H3,(H2,28,34)(H,29,35)(H,30,31). The smallest absolute Gasteiger partial charge is 0.250 e. The van der Waals surface area contributed by atoms with Crippen LogP contribution in [0.5, 0.6) is 0 Å². The summed E-state index contributed by atoms with van der Waals surface area (Å²) >= 11 is 13.1. The summed E-state index contributed by atoms with van der Waals surface area (Å²) in [6.07, 6.45) is 5.44. The lowest BCUT2D eigenvalue weighted by Crippen LogP contribution is -2.34. The van der Waals surface area contributed by atoms with Crippen LogP contribution in [0.25, 0.3) is 11.0 Å². The summed E-state index contributed by atoms with van der Waals surface area (Å²) in [6, 6.07) is 6.91. The van der Waals surface area contributed by atoms with Crippen LogP contribution in [0.1, 0.15) is 36.7 Å². The fraction of sp³-hybridized carbons (Fsp3) is 0.320. The molecule has 0 saturated carbocycles. The lowest BCUT2D eigenvalue weighted by atomic mass is 9.95. The molecule has 3 aromatic rings. The van der Waals surface area contributed by atoms with Crippen LogP contribution in [0.4, 0.5) is 17.3 Å². The minimum absolute atomic E-state index is 0.0933. The number of carbonyl (C=O) groups excluding carboxylic acids is 2. The molecule has 0 spiro atoms. The van der Waals surface area contributed by atoms with Gasteiger partial charge in [0.15, 0.2) is 0 Å². The van der Waals surface area contributed by atoms with Crippen LogP contribution in [-0.4, -0.2) is 35.0 Å². The van der Waals surface area contributed by atoms with E-state index in [1.807, 2.05) is 38.5 Å². The molecule has 2 aromatic carbocycles. The average molecular weight is 515 g/mol. The Bertz CT molecular complexity index is 1350. The van der Waals surface area contributed by atoms with Gasteiger partial charge in [0.1, 0.15) is 0 Å². The molecule has 0 aliphatic rings. The minimum Gasteiger partial charge on any atom is -0.366 e. The third-order valence-electron chi connectivity index (χ3n) is 5.53. The van der Waals surface area contributed by atoms with Crippen LogP contribution in [-0.2, 0) is 18.4 Å². The van der Waals surface area contributed by atoms with Crippen molar-refractivity contribution in [3.05, 3.63) is 45.4 Å². The summed E-state index contributed by atoms with van der Waals surface area (Å²) < 4.78 is 1.81. The molecule has 4 N–H and O–H groups in total. The molecule has 0 aliphatic carbocycles. The Kier molecular flexibility index (Phi) is 7.53. The fourth-order valence-electron chi connectivity index (χ4n) is 3.47. The summed E-state index contributed by atoms with van der Waals surface area (Å²) in [5.74, 6) is 2.34. The Hall–Kier alpha value is -3.41. The van der Waals surface area contributed by atoms with E-state index in [4.69, 9.17) is 35.4 Å². The van der Waals surface area contributed by atoms with Crippen molar-refractivity contribution in [1.29, 1.82) is 0 Å². The number of anilines is 3. The highest BCUT2D eigenvalue weighted by molar-refractivity contribution is 6.39. The first-order chi connectivity index (χ1) is 16.3. The Labute approximate surface area is 214 Å². The number of aryl methyl sites for hydroxylation is 1. The third-order valence-corrected chi connectivity index (χ3v) is 6.28. The minimum atomic E-state index is -0.581. The van der Waals surface area contributed by atoms with E-state index >= 15 is 0 Å². The number of halogens is 2.